The SMILES string of the molecule is C[C@@H]1CC[C@]2(OC1)O[C@@H]1CC3[C@@H]4CC=C5C[C@@H](O[C@@H]6O[C@H](CO)[C@@H](O)[C@H](O[C@@H]7OC[C@@H](O)[C@H](O)[C@H]7O)[C@H]6O[C@@H]6O[C@H](C)[C@H](O)[C@@H](O)[C@H]6O)CC[C@@]5(C)[C@H]4CC[C@@]3(C)C1[C@@H]2C. The zero-order chi connectivity index (χ0) is 42.6. The van der Waals surface area contributed by atoms with Crippen LogP contribution in [0.3, 0.4) is 0 Å². The summed E-state index contributed by atoms with van der Waals surface area (Å²) in [7, 11) is 0. The zero-order valence-electron chi connectivity index (χ0n) is 35.6. The molecular formula is C44H70O16. The van der Waals surface area contributed by atoms with Gasteiger partial charge in [-0.15, -0.1) is 0 Å². The van der Waals surface area contributed by atoms with Crippen LogP contribution in [0.15, 0.2) is 11.6 Å². The second-order valence-electron chi connectivity index (χ2n) is 20.6. The fourth-order valence-corrected chi connectivity index (χ4v) is 13.7. The highest BCUT2D eigenvalue weighted by Gasteiger charge is 2.69. The van der Waals surface area contributed by atoms with Gasteiger partial charge in [-0.25, -0.2) is 0 Å². The van der Waals surface area contributed by atoms with Crippen molar-refractivity contribution in [3.05, 3.63) is 11.6 Å². The minimum Gasteiger partial charge on any atom is -0.394 e. The fraction of sp³-hybridized carbons (Fsp3) is 0.955. The molecule has 16 heteroatoms. The monoisotopic (exact) mass is 854 g/mol. The van der Waals surface area contributed by atoms with Gasteiger partial charge in [0.25, 0.3) is 0 Å². The summed E-state index contributed by atoms with van der Waals surface area (Å²) in [6.45, 7) is 10.9. The average molecular weight is 855 g/mol. The molecule has 4 aliphatic carbocycles. The second kappa shape index (κ2) is 16.5. The van der Waals surface area contributed by atoms with Gasteiger partial charge in [0.05, 0.1) is 38.1 Å². The number of hydrogen-bond acceptors (Lipinski definition) is 16. The molecule has 0 aromatic rings. The molecule has 2 unspecified atom stereocenters. The fourth-order valence-electron chi connectivity index (χ4n) is 13.7. The molecule has 342 valence electrons. The van der Waals surface area contributed by atoms with E-state index in [1.54, 1.807) is 0 Å². The molecule has 0 aromatic carbocycles. The molecule has 5 heterocycles. The van der Waals surface area contributed by atoms with Gasteiger partial charge in [-0.05, 0) is 98.7 Å². The van der Waals surface area contributed by atoms with Gasteiger partial charge in [0.15, 0.2) is 24.7 Å². The number of ether oxygens (including phenoxy) is 8. The third-order valence-electron chi connectivity index (χ3n) is 17.3. The highest BCUT2D eigenvalue weighted by molar-refractivity contribution is 5.26. The summed E-state index contributed by atoms with van der Waals surface area (Å²) in [5.74, 6) is 2.62. The van der Waals surface area contributed by atoms with Crippen molar-refractivity contribution in [2.45, 2.75) is 196 Å². The summed E-state index contributed by atoms with van der Waals surface area (Å²) in [4.78, 5) is 0. The molecule has 3 saturated carbocycles. The molecule has 25 atom stereocenters. The van der Waals surface area contributed by atoms with Crippen LogP contribution in [0, 0.1) is 46.3 Å². The van der Waals surface area contributed by atoms with Gasteiger partial charge in [-0.3, -0.25) is 0 Å². The number of aliphatic hydroxyl groups excluding tert-OH is 8. The second-order valence-corrected chi connectivity index (χ2v) is 20.6. The molecule has 0 amide bonds. The van der Waals surface area contributed by atoms with Gasteiger partial charge < -0.3 is 78.7 Å². The van der Waals surface area contributed by atoms with Crippen molar-refractivity contribution >= 4 is 0 Å². The summed E-state index contributed by atoms with van der Waals surface area (Å²) in [6, 6.07) is 0. The Morgan fingerprint density at radius 2 is 1.48 bits per heavy atom. The van der Waals surface area contributed by atoms with Crippen molar-refractivity contribution in [1.29, 1.82) is 0 Å². The summed E-state index contributed by atoms with van der Waals surface area (Å²) < 4.78 is 50.1. The Hall–Kier alpha value is -0.900. The summed E-state index contributed by atoms with van der Waals surface area (Å²) in [5, 5.41) is 85.1. The first-order chi connectivity index (χ1) is 28.5. The quantitative estimate of drug-likeness (QED) is 0.166. The van der Waals surface area contributed by atoms with E-state index >= 15 is 0 Å². The van der Waals surface area contributed by atoms with Crippen LogP contribution < -0.4 is 0 Å². The Morgan fingerprint density at radius 3 is 2.22 bits per heavy atom. The number of allylic oxidation sites excluding steroid dienone is 1. The van der Waals surface area contributed by atoms with Gasteiger partial charge in [0.2, 0.25) is 0 Å². The maximum absolute atomic E-state index is 11.5. The predicted octanol–water partition coefficient (Wildman–Crippen LogP) is 0.853. The predicted molar refractivity (Wildman–Crippen MR) is 208 cm³/mol. The lowest BCUT2D eigenvalue weighted by Crippen LogP contribution is -2.66. The minimum atomic E-state index is -1.72. The molecule has 5 aliphatic heterocycles. The van der Waals surface area contributed by atoms with Crippen LogP contribution in [0.25, 0.3) is 0 Å². The standard InChI is InChI=1S/C44H70O16/c1-19-8-13-44(54-17-19)20(2)30-28(60-44)15-26-24-7-6-22-14-23(9-11-42(22,4)25(24)10-12-43(26,30)5)56-41-38(59-40-36(52)34(50)31(47)21(3)55-40)37(33(49)29(16-45)57-41)58-39-35(51)32(48)27(46)18-53-39/h6,19-21,23-41,45-52H,7-18H2,1-5H3/t19-,20+,21-,23+,24-,25+,26?,27-,28-,29-,30?,31+,32+,33-,34-,35-,36-,37+,38-,39+,40+,41-,42-,43-,44+/m1/s1. The molecule has 9 rings (SSSR count). The normalized spacial score (nSPS) is 57.9. The van der Waals surface area contributed by atoms with Crippen molar-refractivity contribution in [1.82, 2.24) is 0 Å². The Morgan fingerprint density at radius 1 is 0.733 bits per heavy atom. The van der Waals surface area contributed by atoms with Crippen LogP contribution in [0.2, 0.25) is 0 Å². The molecule has 0 radical (unpaired) electrons. The van der Waals surface area contributed by atoms with E-state index < -0.39 is 98.4 Å². The van der Waals surface area contributed by atoms with Gasteiger partial charge in [-0.2, -0.15) is 0 Å². The summed E-state index contributed by atoms with van der Waals surface area (Å²) in [5.41, 5.74) is 1.52. The van der Waals surface area contributed by atoms with Crippen molar-refractivity contribution in [3.63, 3.8) is 0 Å². The topological polar surface area (TPSA) is 236 Å². The first-order valence-electron chi connectivity index (χ1n) is 22.8. The molecule has 8 fully saturated rings. The van der Waals surface area contributed by atoms with Crippen LogP contribution in [0.1, 0.15) is 92.4 Å². The largest absolute Gasteiger partial charge is 0.394 e. The van der Waals surface area contributed by atoms with Crippen molar-refractivity contribution in [3.8, 4) is 0 Å². The molecule has 9 aliphatic rings. The van der Waals surface area contributed by atoms with E-state index in [4.69, 9.17) is 37.9 Å². The number of rotatable bonds is 7. The Labute approximate surface area is 352 Å². The van der Waals surface area contributed by atoms with Gasteiger partial charge >= 0.3 is 0 Å². The Bertz CT molecular complexity index is 1560. The van der Waals surface area contributed by atoms with E-state index in [0.29, 0.717) is 48.3 Å². The van der Waals surface area contributed by atoms with Crippen molar-refractivity contribution < 1.29 is 78.7 Å². The van der Waals surface area contributed by atoms with Crippen LogP contribution in [-0.4, -0.2) is 165 Å². The number of hydrogen-bond donors (Lipinski definition) is 8. The average Bonchev–Trinajstić information content (AvgIpc) is 3.68. The molecule has 1 spiro atoms. The smallest absolute Gasteiger partial charge is 0.187 e. The van der Waals surface area contributed by atoms with E-state index in [1.165, 1.54) is 18.9 Å². The number of fused-ring (bicyclic) bond motifs is 7. The molecule has 0 bridgehead atoms. The third kappa shape index (κ3) is 7.19. The van der Waals surface area contributed by atoms with Crippen LogP contribution in [0.5, 0.6) is 0 Å². The van der Waals surface area contributed by atoms with E-state index in [1.807, 2.05) is 0 Å². The van der Waals surface area contributed by atoms with E-state index in [9.17, 15) is 40.9 Å². The molecule has 8 N–H and O–H groups in total. The van der Waals surface area contributed by atoms with Crippen LogP contribution in [-0.2, 0) is 37.9 Å². The van der Waals surface area contributed by atoms with Crippen LogP contribution in [0.4, 0.5) is 0 Å². The first-order valence-corrected chi connectivity index (χ1v) is 22.8. The molecule has 0 aromatic heterocycles. The summed E-state index contributed by atoms with van der Waals surface area (Å²) >= 11 is 0. The molecule has 5 saturated heterocycles. The lowest BCUT2D eigenvalue weighted by atomic mass is 9.47. The van der Waals surface area contributed by atoms with Gasteiger partial charge in [0, 0.05) is 12.3 Å². The molecule has 16 nitrogen and oxygen atoms in total. The minimum absolute atomic E-state index is 0.0239. The highest BCUT2D eigenvalue weighted by atomic mass is 16.8. The van der Waals surface area contributed by atoms with E-state index in [0.717, 1.165) is 45.1 Å². The maximum Gasteiger partial charge on any atom is 0.187 e. The first kappa shape index (κ1) is 44.3. The van der Waals surface area contributed by atoms with E-state index in [-0.39, 0.29) is 29.6 Å². The van der Waals surface area contributed by atoms with Crippen molar-refractivity contribution in [2.75, 3.05) is 19.8 Å². The zero-order valence-corrected chi connectivity index (χ0v) is 35.6. The van der Waals surface area contributed by atoms with Gasteiger partial charge in [0.1, 0.15) is 61.0 Å². The van der Waals surface area contributed by atoms with Crippen LogP contribution >= 0.6 is 0 Å². The van der Waals surface area contributed by atoms with Gasteiger partial charge in [-0.1, -0.05) is 39.3 Å². The Balaban J connectivity index is 0.932. The lowest BCUT2D eigenvalue weighted by molar-refractivity contribution is -0.390. The maximum atomic E-state index is 11.5. The number of aliphatic hydroxyl groups is 8. The Kier molecular flexibility index (Phi) is 12.2. The lowest BCUT2D eigenvalue weighted by Gasteiger charge is -2.59. The van der Waals surface area contributed by atoms with Crippen molar-refractivity contribution in [2.24, 2.45) is 46.3 Å². The third-order valence-corrected chi connectivity index (χ3v) is 17.3. The van der Waals surface area contributed by atoms with E-state index in [2.05, 4.69) is 33.8 Å². The highest BCUT2D eigenvalue weighted by Crippen LogP contribution is 2.70. The molecule has 60 heavy (non-hydrogen) atoms. The molecular weight excluding hydrogens is 784 g/mol. The summed E-state index contributed by atoms with van der Waals surface area (Å²) in [6.07, 6.45) is -9.49.